The van der Waals surface area contributed by atoms with Crippen LogP contribution in [0, 0.1) is 5.82 Å². The van der Waals surface area contributed by atoms with E-state index in [0.29, 0.717) is 26.3 Å². The number of rotatable bonds is 3. The lowest BCUT2D eigenvalue weighted by Crippen LogP contribution is -2.08. The number of halogens is 5. The van der Waals surface area contributed by atoms with Crippen LogP contribution in [0.25, 0.3) is 0 Å². The molecule has 0 fully saturated rings. The maximum Gasteiger partial charge on any atom is 0.142 e. The molecule has 2 rings (SSSR count). The zero-order valence-electron chi connectivity index (χ0n) is 10.4. The van der Waals surface area contributed by atoms with E-state index in [-0.39, 0.29) is 11.1 Å². The average Bonchev–Trinajstić information content (AvgIpc) is 2.37. The molecule has 106 valence electrons. The Bertz CT molecular complexity index is 645. The van der Waals surface area contributed by atoms with Crippen LogP contribution in [0.3, 0.4) is 0 Å². The minimum Gasteiger partial charge on any atom is -0.377 e. The summed E-state index contributed by atoms with van der Waals surface area (Å²) in [6.45, 7) is 1.85. The van der Waals surface area contributed by atoms with E-state index in [2.05, 4.69) is 5.32 Å². The molecule has 0 aliphatic heterocycles. The van der Waals surface area contributed by atoms with Crippen LogP contribution in [-0.2, 0) is 0 Å². The second-order valence-electron chi connectivity index (χ2n) is 4.28. The van der Waals surface area contributed by atoms with E-state index in [0.717, 1.165) is 0 Å². The van der Waals surface area contributed by atoms with Gasteiger partial charge in [0.25, 0.3) is 0 Å². The molecular formula is C14H10Cl4FN. The summed E-state index contributed by atoms with van der Waals surface area (Å²) in [6.07, 6.45) is 0. The molecule has 0 radical (unpaired) electrons. The van der Waals surface area contributed by atoms with Gasteiger partial charge in [-0.15, -0.1) is 0 Å². The Labute approximate surface area is 136 Å². The minimum atomic E-state index is -0.512. The highest BCUT2D eigenvalue weighted by molar-refractivity contribution is 6.36. The van der Waals surface area contributed by atoms with Gasteiger partial charge < -0.3 is 5.32 Å². The maximum atomic E-state index is 13.5. The molecule has 0 aromatic heterocycles. The third kappa shape index (κ3) is 3.50. The third-order valence-corrected chi connectivity index (χ3v) is 3.97. The summed E-state index contributed by atoms with van der Waals surface area (Å²) in [7, 11) is 0. The van der Waals surface area contributed by atoms with Gasteiger partial charge in [-0.05, 0) is 42.8 Å². The highest BCUT2D eigenvalue weighted by Crippen LogP contribution is 2.33. The molecule has 2 aromatic rings. The smallest absolute Gasteiger partial charge is 0.142 e. The second kappa shape index (κ2) is 6.40. The van der Waals surface area contributed by atoms with Gasteiger partial charge in [-0.2, -0.15) is 0 Å². The van der Waals surface area contributed by atoms with Gasteiger partial charge >= 0.3 is 0 Å². The fraction of sp³-hybridized carbons (Fsp3) is 0.143. The number of hydrogen-bond acceptors (Lipinski definition) is 1. The SMILES string of the molecule is CC(Nc1ccc(Cl)cc1Cl)c1cc(F)c(Cl)cc1Cl. The molecule has 0 aliphatic carbocycles. The fourth-order valence-corrected chi connectivity index (χ4v) is 2.80. The Balaban J connectivity index is 2.28. The Morgan fingerprint density at radius 1 is 0.950 bits per heavy atom. The summed E-state index contributed by atoms with van der Waals surface area (Å²) in [5.41, 5.74) is 1.29. The first-order chi connectivity index (χ1) is 9.38. The van der Waals surface area contributed by atoms with Crippen molar-refractivity contribution in [2.75, 3.05) is 5.32 Å². The highest BCUT2D eigenvalue weighted by Gasteiger charge is 2.14. The van der Waals surface area contributed by atoms with Gasteiger partial charge in [-0.1, -0.05) is 46.4 Å². The van der Waals surface area contributed by atoms with Gasteiger partial charge in [0.15, 0.2) is 0 Å². The first kappa shape index (κ1) is 15.7. The molecule has 0 bridgehead atoms. The molecule has 20 heavy (non-hydrogen) atoms. The van der Waals surface area contributed by atoms with Crippen LogP contribution in [0.4, 0.5) is 10.1 Å². The Hall–Kier alpha value is -0.670. The van der Waals surface area contributed by atoms with Crippen LogP contribution in [0.1, 0.15) is 18.5 Å². The lowest BCUT2D eigenvalue weighted by molar-refractivity contribution is 0.624. The molecule has 1 N–H and O–H groups in total. The molecule has 1 atom stereocenters. The first-order valence-corrected chi connectivity index (χ1v) is 7.25. The molecule has 0 saturated heterocycles. The molecule has 6 heteroatoms. The first-order valence-electron chi connectivity index (χ1n) is 5.74. The number of benzene rings is 2. The molecule has 2 aromatic carbocycles. The summed E-state index contributed by atoms with van der Waals surface area (Å²) >= 11 is 23.7. The predicted octanol–water partition coefficient (Wildman–Crippen LogP) is 6.61. The lowest BCUT2D eigenvalue weighted by atomic mass is 10.1. The molecule has 0 saturated carbocycles. The Morgan fingerprint density at radius 2 is 1.65 bits per heavy atom. The van der Waals surface area contributed by atoms with Gasteiger partial charge in [-0.25, -0.2) is 4.39 Å². The van der Waals surface area contributed by atoms with E-state index in [1.54, 1.807) is 18.2 Å². The number of hydrogen-bond donors (Lipinski definition) is 1. The van der Waals surface area contributed by atoms with Gasteiger partial charge in [0, 0.05) is 10.0 Å². The zero-order chi connectivity index (χ0) is 14.9. The minimum absolute atomic E-state index is 0.00419. The topological polar surface area (TPSA) is 12.0 Å². The monoisotopic (exact) mass is 351 g/mol. The van der Waals surface area contributed by atoms with Crippen molar-refractivity contribution in [3.05, 3.63) is 61.8 Å². The quantitative estimate of drug-likeness (QED) is 0.612. The molecule has 0 spiro atoms. The van der Waals surface area contributed by atoms with E-state index < -0.39 is 5.82 Å². The van der Waals surface area contributed by atoms with E-state index in [4.69, 9.17) is 46.4 Å². The van der Waals surface area contributed by atoms with Crippen molar-refractivity contribution in [2.45, 2.75) is 13.0 Å². The molecular weight excluding hydrogens is 343 g/mol. The summed E-state index contributed by atoms with van der Waals surface area (Å²) in [4.78, 5) is 0. The average molecular weight is 353 g/mol. The second-order valence-corrected chi connectivity index (χ2v) is 5.94. The largest absolute Gasteiger partial charge is 0.377 e. The summed E-state index contributed by atoms with van der Waals surface area (Å²) in [6, 6.07) is 7.55. The number of anilines is 1. The van der Waals surface area contributed by atoms with Crippen LogP contribution >= 0.6 is 46.4 Å². The van der Waals surface area contributed by atoms with E-state index in [1.165, 1.54) is 12.1 Å². The lowest BCUT2D eigenvalue weighted by Gasteiger charge is -2.18. The molecule has 1 nitrogen and oxygen atoms in total. The van der Waals surface area contributed by atoms with E-state index in [1.807, 2.05) is 6.92 Å². The van der Waals surface area contributed by atoms with Crippen molar-refractivity contribution in [2.24, 2.45) is 0 Å². The van der Waals surface area contributed by atoms with E-state index >= 15 is 0 Å². The molecule has 0 amide bonds. The van der Waals surface area contributed by atoms with Crippen molar-refractivity contribution in [3.8, 4) is 0 Å². The zero-order valence-corrected chi connectivity index (χ0v) is 13.4. The van der Waals surface area contributed by atoms with E-state index in [9.17, 15) is 4.39 Å². The van der Waals surface area contributed by atoms with Crippen molar-refractivity contribution < 1.29 is 4.39 Å². The van der Waals surface area contributed by atoms with Gasteiger partial charge in [0.2, 0.25) is 0 Å². The van der Waals surface area contributed by atoms with Crippen molar-refractivity contribution in [1.29, 1.82) is 0 Å². The summed E-state index contributed by atoms with van der Waals surface area (Å²) in [5.74, 6) is -0.512. The number of nitrogens with one attached hydrogen (secondary N) is 1. The van der Waals surface area contributed by atoms with Crippen molar-refractivity contribution >= 4 is 52.1 Å². The summed E-state index contributed by atoms with van der Waals surface area (Å²) < 4.78 is 13.5. The van der Waals surface area contributed by atoms with Gasteiger partial charge in [-0.3, -0.25) is 0 Å². The highest BCUT2D eigenvalue weighted by atomic mass is 35.5. The Morgan fingerprint density at radius 3 is 2.30 bits per heavy atom. The maximum absolute atomic E-state index is 13.5. The third-order valence-electron chi connectivity index (χ3n) is 2.81. The van der Waals surface area contributed by atoms with Gasteiger partial charge in [0.1, 0.15) is 5.82 Å². The van der Waals surface area contributed by atoms with Crippen LogP contribution in [0.15, 0.2) is 30.3 Å². The Kier molecular flexibility index (Phi) is 5.03. The van der Waals surface area contributed by atoms with Crippen LogP contribution in [0.2, 0.25) is 20.1 Å². The van der Waals surface area contributed by atoms with Crippen LogP contribution < -0.4 is 5.32 Å². The van der Waals surface area contributed by atoms with Crippen molar-refractivity contribution in [3.63, 3.8) is 0 Å². The predicted molar refractivity (Wildman–Crippen MR) is 84.9 cm³/mol. The van der Waals surface area contributed by atoms with Gasteiger partial charge in [0.05, 0.1) is 21.8 Å². The summed E-state index contributed by atoms with van der Waals surface area (Å²) in [5, 5.41) is 4.57. The fourth-order valence-electron chi connectivity index (χ4n) is 1.79. The molecule has 0 aliphatic rings. The van der Waals surface area contributed by atoms with Crippen LogP contribution in [0.5, 0.6) is 0 Å². The molecule has 0 heterocycles. The standard InChI is InChI=1S/C14H10Cl4FN/c1-7(9-5-13(19)11(17)6-10(9)16)20-14-3-2-8(15)4-12(14)18/h2-7,20H,1H3. The van der Waals surface area contributed by atoms with Crippen molar-refractivity contribution in [1.82, 2.24) is 0 Å². The normalized spacial score (nSPS) is 12.3. The van der Waals surface area contributed by atoms with Crippen LogP contribution in [-0.4, -0.2) is 0 Å². The molecule has 1 unspecified atom stereocenters.